The minimum absolute atomic E-state index is 0.0105. The molecule has 3 aromatic carbocycles. The molecule has 5 rings (SSSR count). The Balaban J connectivity index is 1.63. The van der Waals surface area contributed by atoms with Gasteiger partial charge in [0.25, 0.3) is 5.56 Å². The molecule has 0 saturated heterocycles. The molecule has 1 amide bonds. The molecule has 1 atom stereocenters. The highest BCUT2D eigenvalue weighted by Crippen LogP contribution is 2.33. The summed E-state index contributed by atoms with van der Waals surface area (Å²) in [6, 6.07) is 17.2. The molecule has 0 aliphatic heterocycles. The normalized spacial score (nSPS) is 12.2. The Morgan fingerprint density at radius 1 is 1.00 bits per heavy atom. The van der Waals surface area contributed by atoms with Gasteiger partial charge in [0.1, 0.15) is 17.4 Å². The molecule has 5 aromatic rings. The number of rotatable bonds is 9. The van der Waals surface area contributed by atoms with Crippen LogP contribution in [0.15, 0.2) is 90.0 Å². The number of ether oxygens (including phenoxy) is 1. The second kappa shape index (κ2) is 12.9. The maximum Gasteiger partial charge on any atom is 0.419 e. The number of carbonyl (C=O) groups excluding carboxylic acids is 1. The van der Waals surface area contributed by atoms with Crippen LogP contribution in [0.5, 0.6) is 5.75 Å². The third-order valence-electron chi connectivity index (χ3n) is 7.35. The van der Waals surface area contributed by atoms with Crippen LogP contribution >= 0.6 is 0 Å². The summed E-state index contributed by atoms with van der Waals surface area (Å²) in [5.74, 6) is -1.12. The number of carbonyl (C=O) groups is 1. The van der Waals surface area contributed by atoms with Crippen LogP contribution in [0.25, 0.3) is 16.6 Å². The number of para-hydroxylation sites is 1. The Morgan fingerprint density at radius 2 is 1.73 bits per heavy atom. The maximum absolute atomic E-state index is 14.0. The molecule has 0 aliphatic carbocycles. The van der Waals surface area contributed by atoms with Crippen molar-refractivity contribution in [2.75, 3.05) is 6.61 Å². The zero-order valence-corrected chi connectivity index (χ0v) is 24.8. The van der Waals surface area contributed by atoms with Gasteiger partial charge in [0.2, 0.25) is 5.91 Å². The van der Waals surface area contributed by atoms with Gasteiger partial charge in [-0.3, -0.25) is 19.1 Å². The Bertz CT molecular complexity index is 1910. The molecule has 0 radical (unpaired) electrons. The highest BCUT2D eigenvalue weighted by atomic mass is 19.4. The first-order valence-corrected chi connectivity index (χ1v) is 14.3. The fraction of sp³-hybridized carbons (Fsp3) is 0.235. The minimum atomic E-state index is -4.92. The lowest BCUT2D eigenvalue weighted by molar-refractivity contribution is -0.140. The number of benzene rings is 3. The Kier molecular flexibility index (Phi) is 8.99. The molecular formula is C34H30F4N4O3. The van der Waals surface area contributed by atoms with E-state index in [4.69, 9.17) is 9.72 Å². The van der Waals surface area contributed by atoms with E-state index in [-0.39, 0.29) is 23.5 Å². The van der Waals surface area contributed by atoms with E-state index in [0.717, 1.165) is 11.6 Å². The van der Waals surface area contributed by atoms with Crippen LogP contribution in [0.1, 0.15) is 48.0 Å². The quantitative estimate of drug-likeness (QED) is 0.167. The average molecular weight is 619 g/mol. The van der Waals surface area contributed by atoms with Crippen LogP contribution in [0.4, 0.5) is 17.6 Å². The average Bonchev–Trinajstić information content (AvgIpc) is 3.00. The van der Waals surface area contributed by atoms with Crippen molar-refractivity contribution >= 4 is 16.8 Å². The molecule has 232 valence electrons. The number of hydrogen-bond acceptors (Lipinski definition) is 5. The molecule has 0 N–H and O–H groups in total. The lowest BCUT2D eigenvalue weighted by atomic mass is 10.0. The van der Waals surface area contributed by atoms with Gasteiger partial charge in [-0.25, -0.2) is 9.37 Å². The van der Waals surface area contributed by atoms with Crippen LogP contribution in [-0.4, -0.2) is 31.9 Å². The highest BCUT2D eigenvalue weighted by Gasteiger charge is 2.35. The van der Waals surface area contributed by atoms with Gasteiger partial charge >= 0.3 is 6.18 Å². The van der Waals surface area contributed by atoms with E-state index in [0.29, 0.717) is 46.6 Å². The number of fused-ring (bicyclic) bond motifs is 1. The SMILES string of the molecule is CCOc1ccc(-n2c([C@@H](C)N(Cc3cncc(C)c3)C(=O)Cc3ccc(F)c(C(F)(F)F)c3)nc3ccccc3c2=O)cc1. The second-order valence-electron chi connectivity index (χ2n) is 10.6. The summed E-state index contributed by atoms with van der Waals surface area (Å²) in [7, 11) is 0. The zero-order chi connectivity index (χ0) is 32.3. The molecule has 2 heterocycles. The van der Waals surface area contributed by atoms with Gasteiger partial charge in [0.15, 0.2) is 0 Å². The maximum atomic E-state index is 14.0. The minimum Gasteiger partial charge on any atom is -0.494 e. The molecular weight excluding hydrogens is 588 g/mol. The molecule has 45 heavy (non-hydrogen) atoms. The molecule has 0 spiro atoms. The van der Waals surface area contributed by atoms with Crippen LogP contribution < -0.4 is 10.3 Å². The summed E-state index contributed by atoms with van der Waals surface area (Å²) in [5.41, 5.74) is 0.604. The number of amides is 1. The van der Waals surface area contributed by atoms with Crippen molar-refractivity contribution in [1.82, 2.24) is 19.4 Å². The monoisotopic (exact) mass is 618 g/mol. The summed E-state index contributed by atoms with van der Waals surface area (Å²) >= 11 is 0. The predicted octanol–water partition coefficient (Wildman–Crippen LogP) is 6.98. The zero-order valence-electron chi connectivity index (χ0n) is 24.8. The van der Waals surface area contributed by atoms with E-state index in [2.05, 4.69) is 4.98 Å². The summed E-state index contributed by atoms with van der Waals surface area (Å²) in [4.78, 5) is 38.4. The van der Waals surface area contributed by atoms with E-state index < -0.39 is 35.9 Å². The summed E-state index contributed by atoms with van der Waals surface area (Å²) < 4.78 is 61.3. The summed E-state index contributed by atoms with van der Waals surface area (Å²) in [6.45, 7) is 5.89. The van der Waals surface area contributed by atoms with E-state index in [1.54, 1.807) is 67.8 Å². The lowest BCUT2D eigenvalue weighted by Gasteiger charge is -2.31. The number of halogens is 4. The number of nitrogens with zero attached hydrogens (tertiary/aromatic N) is 4. The first-order chi connectivity index (χ1) is 21.5. The third kappa shape index (κ3) is 6.87. The van der Waals surface area contributed by atoms with Crippen LogP contribution in [-0.2, 0) is 23.9 Å². The van der Waals surface area contributed by atoms with Crippen LogP contribution in [0.3, 0.4) is 0 Å². The summed E-state index contributed by atoms with van der Waals surface area (Å²) in [5, 5.41) is 0.370. The van der Waals surface area contributed by atoms with E-state index >= 15 is 0 Å². The van der Waals surface area contributed by atoms with Crippen LogP contribution in [0.2, 0.25) is 0 Å². The smallest absolute Gasteiger partial charge is 0.419 e. The van der Waals surface area contributed by atoms with Crippen molar-refractivity contribution in [2.24, 2.45) is 0 Å². The number of aromatic nitrogens is 3. The first kappa shape index (κ1) is 31.4. The standard InChI is InChI=1S/C34H30F4N4O3/c1-4-45-26-12-10-25(11-13-26)42-32(40-30-8-6-5-7-27(30)33(42)44)22(3)41(20-24-15-21(2)18-39-19-24)31(43)17-23-9-14-29(35)28(16-23)34(36,37)38/h5-16,18-19,22H,4,17,20H2,1-3H3/t22-/m1/s1. The number of hydrogen-bond donors (Lipinski definition) is 0. The second-order valence-corrected chi connectivity index (χ2v) is 10.6. The molecule has 11 heteroatoms. The number of pyridine rings is 1. The fourth-order valence-electron chi connectivity index (χ4n) is 5.19. The van der Waals surface area contributed by atoms with Crippen molar-refractivity contribution in [3.8, 4) is 11.4 Å². The summed E-state index contributed by atoms with van der Waals surface area (Å²) in [6.07, 6.45) is -2.13. The van der Waals surface area contributed by atoms with Crippen molar-refractivity contribution in [1.29, 1.82) is 0 Å². The van der Waals surface area contributed by atoms with Gasteiger partial charge in [-0.1, -0.05) is 24.3 Å². The molecule has 0 aliphatic rings. The first-order valence-electron chi connectivity index (χ1n) is 14.3. The van der Waals surface area contributed by atoms with E-state index in [9.17, 15) is 27.2 Å². The topological polar surface area (TPSA) is 77.3 Å². The molecule has 0 saturated carbocycles. The van der Waals surface area contributed by atoms with Gasteiger partial charge in [-0.2, -0.15) is 13.2 Å². The van der Waals surface area contributed by atoms with Crippen molar-refractivity contribution in [2.45, 2.75) is 46.0 Å². The Morgan fingerprint density at radius 3 is 2.42 bits per heavy atom. The molecule has 2 aromatic heterocycles. The van der Waals surface area contributed by atoms with Gasteiger partial charge < -0.3 is 9.64 Å². The molecule has 0 unspecified atom stereocenters. The van der Waals surface area contributed by atoms with Crippen LogP contribution in [0, 0.1) is 12.7 Å². The third-order valence-corrected chi connectivity index (χ3v) is 7.35. The largest absolute Gasteiger partial charge is 0.494 e. The Hall–Kier alpha value is -5.06. The van der Waals surface area contributed by atoms with Crippen molar-refractivity contribution in [3.63, 3.8) is 0 Å². The fourth-order valence-corrected chi connectivity index (χ4v) is 5.19. The van der Waals surface area contributed by atoms with Gasteiger partial charge in [0.05, 0.1) is 41.2 Å². The molecule has 0 bridgehead atoms. The highest BCUT2D eigenvalue weighted by molar-refractivity contribution is 5.80. The van der Waals surface area contributed by atoms with Gasteiger partial charge in [-0.05, 0) is 86.0 Å². The number of aryl methyl sites for hydroxylation is 1. The van der Waals surface area contributed by atoms with E-state index in [1.807, 2.05) is 19.9 Å². The van der Waals surface area contributed by atoms with Crippen molar-refractivity contribution in [3.05, 3.63) is 129 Å². The Labute approximate surface area is 256 Å². The lowest BCUT2D eigenvalue weighted by Crippen LogP contribution is -2.38. The van der Waals surface area contributed by atoms with E-state index in [1.165, 1.54) is 9.47 Å². The van der Waals surface area contributed by atoms with Crippen molar-refractivity contribution < 1.29 is 27.1 Å². The van der Waals surface area contributed by atoms with Gasteiger partial charge in [-0.15, -0.1) is 0 Å². The number of alkyl halides is 3. The van der Waals surface area contributed by atoms with Gasteiger partial charge in [0, 0.05) is 18.9 Å². The molecule has 0 fully saturated rings. The predicted molar refractivity (Wildman–Crippen MR) is 162 cm³/mol. The molecule has 7 nitrogen and oxygen atoms in total.